The van der Waals surface area contributed by atoms with Gasteiger partial charge in [0, 0.05) is 23.0 Å². The quantitative estimate of drug-likeness (QED) is 0.196. The molecule has 0 fully saturated rings. The van der Waals surface area contributed by atoms with Gasteiger partial charge in [-0.05, 0) is 104 Å². The van der Waals surface area contributed by atoms with Crippen molar-refractivity contribution in [2.45, 2.75) is 78.6 Å². The van der Waals surface area contributed by atoms with Gasteiger partial charge in [-0.25, -0.2) is 4.98 Å². The van der Waals surface area contributed by atoms with Gasteiger partial charge in [0.2, 0.25) is 0 Å². The van der Waals surface area contributed by atoms with Gasteiger partial charge in [-0.1, -0.05) is 129 Å². The summed E-state index contributed by atoms with van der Waals surface area (Å²) in [5.41, 5.74) is 13.4. The lowest BCUT2D eigenvalue weighted by atomic mass is 9.74. The summed E-state index contributed by atoms with van der Waals surface area (Å²) in [6.07, 6.45) is 1.93. The molecule has 0 radical (unpaired) electrons. The van der Waals surface area contributed by atoms with E-state index in [0.717, 1.165) is 50.2 Å². The summed E-state index contributed by atoms with van der Waals surface area (Å²) in [6, 6.07) is 42.1. The minimum Gasteiger partial charge on any atom is -0.507 e. The number of benzene rings is 5. The Morgan fingerprint density at radius 2 is 1.13 bits per heavy atom. The molecule has 0 spiro atoms. The number of fused-ring (bicyclic) bond motifs is 1. The van der Waals surface area contributed by atoms with E-state index in [9.17, 15) is 5.11 Å². The Morgan fingerprint density at radius 1 is 0.519 bits per heavy atom. The van der Waals surface area contributed by atoms with Crippen LogP contribution in [0, 0.1) is 0 Å². The summed E-state index contributed by atoms with van der Waals surface area (Å²) in [5, 5.41) is 11.2. The molecule has 52 heavy (non-hydrogen) atoms. The van der Waals surface area contributed by atoms with Gasteiger partial charge in [-0.3, -0.25) is 9.55 Å². The van der Waals surface area contributed by atoms with Crippen LogP contribution in [-0.2, 0) is 16.2 Å². The number of hydrogen-bond donors (Lipinski definition) is 1. The van der Waals surface area contributed by atoms with Gasteiger partial charge in [-0.15, -0.1) is 0 Å². The van der Waals surface area contributed by atoms with Crippen molar-refractivity contribution in [3.8, 4) is 56.3 Å². The fraction of sp³-hybridized carbons (Fsp3) is 0.250. The molecule has 0 saturated carbocycles. The zero-order valence-electron chi connectivity index (χ0n) is 31.9. The number of phenolic OH excluding ortho intramolecular Hbond substituents is 1. The molecule has 0 amide bonds. The highest BCUT2D eigenvalue weighted by Crippen LogP contribution is 2.46. The fourth-order valence-electron chi connectivity index (χ4n) is 7.16. The first-order valence-corrected chi connectivity index (χ1v) is 18.2. The average molecular weight is 684 g/mol. The lowest BCUT2D eigenvalue weighted by Gasteiger charge is -2.31. The summed E-state index contributed by atoms with van der Waals surface area (Å²) in [4.78, 5) is 10.5. The van der Waals surface area contributed by atoms with Gasteiger partial charge in [0.1, 0.15) is 11.6 Å². The summed E-state index contributed by atoms with van der Waals surface area (Å²) in [5.74, 6) is 0.900. The smallest absolute Gasteiger partial charge is 0.149 e. The number of aromatic hydroxyl groups is 1. The zero-order valence-corrected chi connectivity index (χ0v) is 31.9. The molecule has 5 aromatic carbocycles. The van der Waals surface area contributed by atoms with Crippen molar-refractivity contribution in [1.29, 1.82) is 0 Å². The standard InChI is InChI=1S/C48H49N3O/c1-46(2,3)33-27-37(44-42(28-33)51(34-20-14-11-15-21-34)45(50-44)35-22-16-17-23-43(35)52)36-29-38(40(48(7,8)9)30-39(36)47(4,5)6)41-26-32(24-25-49-41)31-18-12-10-13-19-31/h10-30,52H,1-9H3. The molecule has 0 atom stereocenters. The Kier molecular flexibility index (Phi) is 8.69. The van der Waals surface area contributed by atoms with Crippen LogP contribution in [0.25, 0.3) is 61.6 Å². The third-order valence-corrected chi connectivity index (χ3v) is 9.99. The highest BCUT2D eigenvalue weighted by Gasteiger charge is 2.30. The second kappa shape index (κ2) is 12.9. The SMILES string of the molecule is CC(C)(C)c1cc(-c2cc(-c3cc(-c4ccccc4)ccn3)c(C(C)(C)C)cc2C(C)(C)C)c2nc(-c3ccccc3O)n(-c3ccccc3)c2c1. The Morgan fingerprint density at radius 3 is 1.77 bits per heavy atom. The average Bonchev–Trinajstić information content (AvgIpc) is 3.50. The Hall–Kier alpha value is -5.48. The van der Waals surface area contributed by atoms with Crippen LogP contribution in [0.1, 0.15) is 79.0 Å². The maximum atomic E-state index is 11.2. The van der Waals surface area contributed by atoms with Gasteiger partial charge in [0.25, 0.3) is 0 Å². The minimum atomic E-state index is -0.181. The normalized spacial score (nSPS) is 12.4. The van der Waals surface area contributed by atoms with E-state index in [2.05, 4.69) is 158 Å². The van der Waals surface area contributed by atoms with Crippen LogP contribution >= 0.6 is 0 Å². The summed E-state index contributed by atoms with van der Waals surface area (Å²) >= 11 is 0. The lowest BCUT2D eigenvalue weighted by molar-refractivity contribution is 0.477. The van der Waals surface area contributed by atoms with Crippen molar-refractivity contribution in [2.75, 3.05) is 0 Å². The van der Waals surface area contributed by atoms with Gasteiger partial charge >= 0.3 is 0 Å². The predicted octanol–water partition coefficient (Wildman–Crippen LogP) is 12.7. The third kappa shape index (κ3) is 6.54. The highest BCUT2D eigenvalue weighted by molar-refractivity contribution is 5.98. The van der Waals surface area contributed by atoms with Crippen LogP contribution < -0.4 is 0 Å². The van der Waals surface area contributed by atoms with Crippen LogP contribution in [0.3, 0.4) is 0 Å². The van der Waals surface area contributed by atoms with Crippen molar-refractivity contribution in [1.82, 2.24) is 14.5 Å². The molecule has 0 aliphatic carbocycles. The fourth-order valence-corrected chi connectivity index (χ4v) is 7.16. The number of hydrogen-bond acceptors (Lipinski definition) is 3. The van der Waals surface area contributed by atoms with Crippen molar-refractivity contribution in [3.63, 3.8) is 0 Å². The van der Waals surface area contributed by atoms with E-state index in [-0.39, 0.29) is 22.0 Å². The molecule has 7 aromatic rings. The van der Waals surface area contributed by atoms with Crippen molar-refractivity contribution in [2.24, 2.45) is 0 Å². The van der Waals surface area contributed by atoms with Crippen LogP contribution in [0.2, 0.25) is 0 Å². The van der Waals surface area contributed by atoms with Crippen LogP contribution in [0.4, 0.5) is 0 Å². The van der Waals surface area contributed by atoms with Crippen LogP contribution in [0.15, 0.2) is 128 Å². The first kappa shape index (κ1) is 34.9. The van der Waals surface area contributed by atoms with E-state index < -0.39 is 0 Å². The first-order chi connectivity index (χ1) is 24.6. The van der Waals surface area contributed by atoms with E-state index in [1.807, 2.05) is 30.5 Å². The molecule has 0 bridgehead atoms. The lowest BCUT2D eigenvalue weighted by Crippen LogP contribution is -2.19. The van der Waals surface area contributed by atoms with E-state index >= 15 is 0 Å². The molecule has 0 unspecified atom stereocenters. The molecular formula is C48H49N3O. The third-order valence-electron chi connectivity index (χ3n) is 9.99. The van der Waals surface area contributed by atoms with Crippen molar-refractivity contribution >= 4 is 11.0 Å². The molecule has 1 N–H and O–H groups in total. The maximum Gasteiger partial charge on any atom is 0.149 e. The highest BCUT2D eigenvalue weighted by atomic mass is 16.3. The van der Waals surface area contributed by atoms with Gasteiger partial charge < -0.3 is 5.11 Å². The number of phenols is 1. The zero-order chi connectivity index (χ0) is 37.0. The van der Waals surface area contributed by atoms with Gasteiger partial charge in [0.15, 0.2) is 0 Å². The van der Waals surface area contributed by atoms with Crippen LogP contribution in [-0.4, -0.2) is 19.6 Å². The molecule has 4 nitrogen and oxygen atoms in total. The van der Waals surface area contributed by atoms with Gasteiger partial charge in [-0.2, -0.15) is 0 Å². The second-order valence-corrected chi connectivity index (χ2v) is 17.0. The van der Waals surface area contributed by atoms with E-state index in [1.165, 1.54) is 16.7 Å². The maximum absolute atomic E-state index is 11.2. The monoisotopic (exact) mass is 683 g/mol. The molecule has 2 heterocycles. The van der Waals surface area contributed by atoms with Crippen LogP contribution in [0.5, 0.6) is 5.75 Å². The molecule has 0 aliphatic rings. The molecule has 2 aromatic heterocycles. The number of imidazole rings is 1. The first-order valence-electron chi connectivity index (χ1n) is 18.2. The topological polar surface area (TPSA) is 50.9 Å². The molecule has 7 rings (SSSR count). The van der Waals surface area contributed by atoms with Crippen molar-refractivity contribution < 1.29 is 5.11 Å². The number of aromatic nitrogens is 3. The number of nitrogens with zero attached hydrogens (tertiary/aromatic N) is 3. The molecule has 0 saturated heterocycles. The number of pyridine rings is 1. The van der Waals surface area contributed by atoms with Gasteiger partial charge in [0.05, 0.1) is 22.3 Å². The molecular weight excluding hydrogens is 635 g/mol. The van der Waals surface area contributed by atoms with E-state index in [4.69, 9.17) is 9.97 Å². The Bertz CT molecular complexity index is 2400. The predicted molar refractivity (Wildman–Crippen MR) is 218 cm³/mol. The Balaban J connectivity index is 1.62. The van der Waals surface area contributed by atoms with Crippen molar-refractivity contribution in [3.05, 3.63) is 144 Å². The molecule has 0 aliphatic heterocycles. The molecule has 4 heteroatoms. The minimum absolute atomic E-state index is 0.145. The van der Waals surface area contributed by atoms with E-state index in [0.29, 0.717) is 11.4 Å². The number of para-hydroxylation sites is 2. The summed E-state index contributed by atoms with van der Waals surface area (Å²) in [7, 11) is 0. The van der Waals surface area contributed by atoms with E-state index in [1.54, 1.807) is 6.07 Å². The summed E-state index contributed by atoms with van der Waals surface area (Å²) in [6.45, 7) is 20.6. The number of rotatable bonds is 5. The Labute approximate surface area is 308 Å². The summed E-state index contributed by atoms with van der Waals surface area (Å²) < 4.78 is 2.20. The second-order valence-electron chi connectivity index (χ2n) is 17.0. The molecule has 262 valence electrons. The largest absolute Gasteiger partial charge is 0.507 e.